The van der Waals surface area contributed by atoms with Gasteiger partial charge in [-0.25, -0.2) is 4.98 Å². The molecule has 0 saturated heterocycles. The Labute approximate surface area is 109 Å². The van der Waals surface area contributed by atoms with E-state index in [0.717, 1.165) is 33.5 Å². The fourth-order valence-electron chi connectivity index (χ4n) is 2.32. The van der Waals surface area contributed by atoms with Crippen LogP contribution in [0.4, 0.5) is 0 Å². The number of fused-ring (bicyclic) bond motifs is 3. The van der Waals surface area contributed by atoms with Crippen LogP contribution in [0.15, 0.2) is 36.4 Å². The van der Waals surface area contributed by atoms with Crippen LogP contribution in [0.25, 0.3) is 21.7 Å². The number of hydrogen-bond acceptors (Lipinski definition) is 2. The normalized spacial score (nSPS) is 11.0. The SMILES string of the molecule is Cc1cccc2c(C=O)nc3ccc(Cl)cc3c12. The Morgan fingerprint density at radius 2 is 2.00 bits per heavy atom. The van der Waals surface area contributed by atoms with E-state index in [1.807, 2.05) is 37.3 Å². The lowest BCUT2D eigenvalue weighted by molar-refractivity contribution is 0.112. The minimum Gasteiger partial charge on any atom is -0.296 e. The molecular formula is C15H10ClNO. The summed E-state index contributed by atoms with van der Waals surface area (Å²) < 4.78 is 0. The summed E-state index contributed by atoms with van der Waals surface area (Å²) in [6, 6.07) is 11.4. The Kier molecular flexibility index (Phi) is 2.53. The molecule has 0 aliphatic heterocycles. The highest BCUT2D eigenvalue weighted by Gasteiger charge is 2.09. The Morgan fingerprint density at radius 1 is 1.17 bits per heavy atom. The highest BCUT2D eigenvalue weighted by molar-refractivity contribution is 6.31. The summed E-state index contributed by atoms with van der Waals surface area (Å²) in [5.41, 5.74) is 2.39. The van der Waals surface area contributed by atoms with Gasteiger partial charge in [0, 0.05) is 15.8 Å². The molecular weight excluding hydrogens is 246 g/mol. The van der Waals surface area contributed by atoms with Crippen molar-refractivity contribution in [3.63, 3.8) is 0 Å². The summed E-state index contributed by atoms with van der Waals surface area (Å²) in [5.74, 6) is 0. The van der Waals surface area contributed by atoms with Gasteiger partial charge in [0.05, 0.1) is 5.52 Å². The molecule has 2 aromatic carbocycles. The van der Waals surface area contributed by atoms with Crippen LogP contribution < -0.4 is 0 Å². The van der Waals surface area contributed by atoms with E-state index >= 15 is 0 Å². The summed E-state index contributed by atoms with van der Waals surface area (Å²) in [6.45, 7) is 2.03. The summed E-state index contributed by atoms with van der Waals surface area (Å²) >= 11 is 6.05. The standard InChI is InChI=1S/C15H10ClNO/c1-9-3-2-4-11-14(8-18)17-13-6-5-10(16)7-12(13)15(9)11/h2-8H,1H3. The van der Waals surface area contributed by atoms with Gasteiger partial charge in [-0.05, 0) is 36.1 Å². The molecule has 3 aromatic rings. The summed E-state index contributed by atoms with van der Waals surface area (Å²) in [5, 5.41) is 3.58. The first-order valence-electron chi connectivity index (χ1n) is 5.64. The summed E-state index contributed by atoms with van der Waals surface area (Å²) in [7, 11) is 0. The van der Waals surface area contributed by atoms with Crippen molar-refractivity contribution in [3.8, 4) is 0 Å². The van der Waals surface area contributed by atoms with Crippen molar-refractivity contribution in [1.29, 1.82) is 0 Å². The number of benzene rings is 2. The molecule has 88 valence electrons. The number of pyridine rings is 1. The van der Waals surface area contributed by atoms with E-state index in [4.69, 9.17) is 11.6 Å². The van der Waals surface area contributed by atoms with Crippen molar-refractivity contribution in [2.45, 2.75) is 6.92 Å². The van der Waals surface area contributed by atoms with Gasteiger partial charge in [-0.1, -0.05) is 29.8 Å². The second-order valence-electron chi connectivity index (χ2n) is 4.27. The number of halogens is 1. The second-order valence-corrected chi connectivity index (χ2v) is 4.71. The first kappa shape index (κ1) is 11.2. The van der Waals surface area contributed by atoms with Crippen LogP contribution in [0.2, 0.25) is 5.02 Å². The quantitative estimate of drug-likeness (QED) is 0.483. The molecule has 2 nitrogen and oxygen atoms in total. The number of aryl methyl sites for hydroxylation is 1. The molecule has 0 bridgehead atoms. The molecule has 3 heteroatoms. The Morgan fingerprint density at radius 3 is 2.78 bits per heavy atom. The lowest BCUT2D eigenvalue weighted by Crippen LogP contribution is -1.93. The molecule has 1 heterocycles. The van der Waals surface area contributed by atoms with Gasteiger partial charge in [0.15, 0.2) is 6.29 Å². The van der Waals surface area contributed by atoms with E-state index < -0.39 is 0 Å². The van der Waals surface area contributed by atoms with Crippen LogP contribution in [-0.4, -0.2) is 11.3 Å². The topological polar surface area (TPSA) is 30.0 Å². The zero-order valence-electron chi connectivity index (χ0n) is 9.77. The van der Waals surface area contributed by atoms with Gasteiger partial charge < -0.3 is 0 Å². The monoisotopic (exact) mass is 255 g/mol. The fraction of sp³-hybridized carbons (Fsp3) is 0.0667. The minimum atomic E-state index is 0.475. The van der Waals surface area contributed by atoms with Gasteiger partial charge in [0.25, 0.3) is 0 Å². The minimum absolute atomic E-state index is 0.475. The van der Waals surface area contributed by atoms with Crippen LogP contribution in [0, 0.1) is 6.92 Å². The second kappa shape index (κ2) is 4.07. The largest absolute Gasteiger partial charge is 0.296 e. The van der Waals surface area contributed by atoms with Crippen molar-refractivity contribution in [3.05, 3.63) is 52.7 Å². The lowest BCUT2D eigenvalue weighted by atomic mass is 10.00. The van der Waals surface area contributed by atoms with E-state index in [-0.39, 0.29) is 0 Å². The van der Waals surface area contributed by atoms with E-state index in [2.05, 4.69) is 4.98 Å². The third kappa shape index (κ3) is 1.57. The maximum Gasteiger partial charge on any atom is 0.169 e. The predicted molar refractivity (Wildman–Crippen MR) is 74.4 cm³/mol. The van der Waals surface area contributed by atoms with Gasteiger partial charge in [0.1, 0.15) is 5.69 Å². The average Bonchev–Trinajstić information content (AvgIpc) is 2.38. The lowest BCUT2D eigenvalue weighted by Gasteiger charge is -2.08. The summed E-state index contributed by atoms with van der Waals surface area (Å²) in [6.07, 6.45) is 0.801. The number of carbonyl (C=O) groups excluding carboxylic acids is 1. The van der Waals surface area contributed by atoms with E-state index in [1.165, 1.54) is 0 Å². The van der Waals surface area contributed by atoms with Crippen LogP contribution in [0.1, 0.15) is 16.1 Å². The van der Waals surface area contributed by atoms with Crippen LogP contribution >= 0.6 is 11.6 Å². The number of aromatic nitrogens is 1. The van der Waals surface area contributed by atoms with E-state index in [1.54, 1.807) is 6.07 Å². The number of carbonyl (C=O) groups is 1. The van der Waals surface area contributed by atoms with Crippen LogP contribution in [0.3, 0.4) is 0 Å². The zero-order valence-corrected chi connectivity index (χ0v) is 10.5. The van der Waals surface area contributed by atoms with Gasteiger partial charge in [-0.2, -0.15) is 0 Å². The molecule has 0 atom stereocenters. The van der Waals surface area contributed by atoms with Gasteiger partial charge in [-0.15, -0.1) is 0 Å². The third-order valence-electron chi connectivity index (χ3n) is 3.13. The number of hydrogen-bond donors (Lipinski definition) is 0. The number of nitrogens with zero attached hydrogens (tertiary/aromatic N) is 1. The maximum absolute atomic E-state index is 11.2. The smallest absolute Gasteiger partial charge is 0.169 e. The molecule has 0 fully saturated rings. The molecule has 0 aliphatic rings. The molecule has 0 amide bonds. The molecule has 0 unspecified atom stereocenters. The van der Waals surface area contributed by atoms with E-state index in [9.17, 15) is 4.79 Å². The van der Waals surface area contributed by atoms with Crippen molar-refractivity contribution in [2.24, 2.45) is 0 Å². The average molecular weight is 256 g/mol. The van der Waals surface area contributed by atoms with Gasteiger partial charge >= 0.3 is 0 Å². The van der Waals surface area contributed by atoms with Crippen molar-refractivity contribution >= 4 is 39.6 Å². The molecule has 3 rings (SSSR count). The van der Waals surface area contributed by atoms with Gasteiger partial charge in [0.2, 0.25) is 0 Å². The highest BCUT2D eigenvalue weighted by Crippen LogP contribution is 2.30. The Hall–Kier alpha value is -1.93. The zero-order chi connectivity index (χ0) is 12.7. The van der Waals surface area contributed by atoms with Crippen molar-refractivity contribution in [1.82, 2.24) is 4.98 Å². The van der Waals surface area contributed by atoms with Crippen LogP contribution in [0.5, 0.6) is 0 Å². The third-order valence-corrected chi connectivity index (χ3v) is 3.36. The van der Waals surface area contributed by atoms with Crippen LogP contribution in [-0.2, 0) is 0 Å². The number of aldehydes is 1. The predicted octanol–water partition coefficient (Wildman–Crippen LogP) is 4.16. The van der Waals surface area contributed by atoms with Crippen molar-refractivity contribution in [2.75, 3.05) is 0 Å². The molecule has 1 aromatic heterocycles. The molecule has 0 spiro atoms. The van der Waals surface area contributed by atoms with Crippen molar-refractivity contribution < 1.29 is 4.79 Å². The Balaban J connectivity index is 2.64. The molecule has 0 saturated carbocycles. The van der Waals surface area contributed by atoms with E-state index in [0.29, 0.717) is 10.7 Å². The highest BCUT2D eigenvalue weighted by atomic mass is 35.5. The molecule has 18 heavy (non-hydrogen) atoms. The molecule has 0 aliphatic carbocycles. The Bertz CT molecular complexity index is 780. The maximum atomic E-state index is 11.2. The number of rotatable bonds is 1. The first-order chi connectivity index (χ1) is 8.70. The molecule has 0 N–H and O–H groups in total. The first-order valence-corrected chi connectivity index (χ1v) is 6.02. The molecule has 0 radical (unpaired) electrons. The van der Waals surface area contributed by atoms with Gasteiger partial charge in [-0.3, -0.25) is 4.79 Å². The summed E-state index contributed by atoms with van der Waals surface area (Å²) in [4.78, 5) is 15.5. The fourth-order valence-corrected chi connectivity index (χ4v) is 2.50.